The highest BCUT2D eigenvalue weighted by molar-refractivity contribution is 6.00. The first-order chi connectivity index (χ1) is 17.6. The first-order valence-corrected chi connectivity index (χ1v) is 12.2. The van der Waals surface area contributed by atoms with E-state index in [0.717, 1.165) is 22.3 Å². The number of hydrogen-bond acceptors (Lipinski definition) is 5. The predicted molar refractivity (Wildman–Crippen MR) is 142 cm³/mol. The topological polar surface area (TPSA) is 80.2 Å². The number of aryl methyl sites for hydroxylation is 1. The van der Waals surface area contributed by atoms with Crippen molar-refractivity contribution in [2.24, 2.45) is 4.99 Å². The van der Waals surface area contributed by atoms with Crippen molar-refractivity contribution in [2.45, 2.75) is 31.8 Å². The molecule has 1 heterocycles. The Kier molecular flexibility index (Phi) is 8.53. The first-order valence-electron chi connectivity index (χ1n) is 12.2. The molecular formula is C30H32N2O4. The summed E-state index contributed by atoms with van der Waals surface area (Å²) < 4.78 is 11.6. The molecule has 6 nitrogen and oxygen atoms in total. The molecule has 0 spiro atoms. The van der Waals surface area contributed by atoms with Crippen LogP contribution in [0.1, 0.15) is 35.1 Å². The Morgan fingerprint density at radius 3 is 2.67 bits per heavy atom. The van der Waals surface area contributed by atoms with Gasteiger partial charge in [-0.25, -0.2) is 4.99 Å². The molecule has 186 valence electrons. The normalized spacial score (nSPS) is 17.0. The van der Waals surface area contributed by atoms with Gasteiger partial charge in [-0.1, -0.05) is 72.3 Å². The van der Waals surface area contributed by atoms with E-state index in [9.17, 15) is 4.79 Å². The van der Waals surface area contributed by atoms with Crippen LogP contribution in [0.15, 0.2) is 89.9 Å². The van der Waals surface area contributed by atoms with Crippen molar-refractivity contribution in [1.82, 2.24) is 5.32 Å². The highest BCUT2D eigenvalue weighted by atomic mass is 16.5. The Morgan fingerprint density at radius 2 is 1.92 bits per heavy atom. The Morgan fingerprint density at radius 1 is 1.11 bits per heavy atom. The number of nitrogens with one attached hydrogen (secondary N) is 1. The molecule has 4 rings (SSSR count). The quantitative estimate of drug-likeness (QED) is 0.387. The SMILES string of the molecule is Cc1cccc(CNC(=O)[C@@]2(C/C=C/c3ccccc3)COC(c3ccc(OCCCO)cc3)=N2)c1. The van der Waals surface area contributed by atoms with Crippen molar-refractivity contribution in [1.29, 1.82) is 0 Å². The van der Waals surface area contributed by atoms with Crippen molar-refractivity contribution in [2.75, 3.05) is 19.8 Å². The summed E-state index contributed by atoms with van der Waals surface area (Å²) in [5, 5.41) is 12.0. The zero-order valence-corrected chi connectivity index (χ0v) is 20.5. The number of aliphatic hydroxyl groups excluding tert-OH is 1. The molecule has 0 unspecified atom stereocenters. The summed E-state index contributed by atoms with van der Waals surface area (Å²) in [6, 6.07) is 25.5. The number of carbonyl (C=O) groups is 1. The van der Waals surface area contributed by atoms with E-state index < -0.39 is 5.54 Å². The standard InChI is InChI=1S/C30H32N2O4/c1-23-8-5-11-25(20-23)21-31-29(34)30(17-6-12-24-9-3-2-4-10-24)22-36-28(32-30)26-13-15-27(16-14-26)35-19-7-18-33/h2-6,8-16,20,33H,7,17-19,21-22H2,1H3,(H,31,34)/b12-6+/t30-/m1/s1. The van der Waals surface area contributed by atoms with Gasteiger partial charge >= 0.3 is 0 Å². The smallest absolute Gasteiger partial charge is 0.252 e. The molecule has 0 fully saturated rings. The lowest BCUT2D eigenvalue weighted by Crippen LogP contribution is -2.46. The van der Waals surface area contributed by atoms with Gasteiger partial charge in [-0.3, -0.25) is 4.79 Å². The van der Waals surface area contributed by atoms with E-state index in [4.69, 9.17) is 19.6 Å². The molecule has 2 N–H and O–H groups in total. The summed E-state index contributed by atoms with van der Waals surface area (Å²) in [6.07, 6.45) is 4.97. The molecule has 0 aromatic heterocycles. The van der Waals surface area contributed by atoms with Gasteiger partial charge in [-0.15, -0.1) is 0 Å². The molecule has 3 aromatic carbocycles. The van der Waals surface area contributed by atoms with Gasteiger partial charge in [0.25, 0.3) is 5.91 Å². The number of aliphatic imine (C=N–C) groups is 1. The number of rotatable bonds is 11. The second-order valence-corrected chi connectivity index (χ2v) is 8.88. The number of amides is 1. The van der Waals surface area contributed by atoms with E-state index in [0.29, 0.717) is 37.6 Å². The Hall–Kier alpha value is -3.90. The van der Waals surface area contributed by atoms with Crippen molar-refractivity contribution in [3.05, 3.63) is 107 Å². The van der Waals surface area contributed by atoms with Gasteiger partial charge in [0, 0.05) is 31.6 Å². The van der Waals surface area contributed by atoms with Crippen molar-refractivity contribution < 1.29 is 19.4 Å². The van der Waals surface area contributed by atoms with Crippen LogP contribution in [0.25, 0.3) is 6.08 Å². The van der Waals surface area contributed by atoms with Crippen LogP contribution < -0.4 is 10.1 Å². The van der Waals surface area contributed by atoms with E-state index in [1.165, 1.54) is 0 Å². The Labute approximate surface area is 212 Å². The lowest BCUT2D eigenvalue weighted by molar-refractivity contribution is -0.126. The highest BCUT2D eigenvalue weighted by Gasteiger charge is 2.43. The average molecular weight is 485 g/mol. The number of carbonyl (C=O) groups excluding carboxylic acids is 1. The fourth-order valence-electron chi connectivity index (χ4n) is 3.98. The van der Waals surface area contributed by atoms with Crippen LogP contribution in [0.4, 0.5) is 0 Å². The van der Waals surface area contributed by atoms with Crippen LogP contribution in [0.2, 0.25) is 0 Å². The molecule has 0 aliphatic carbocycles. The second kappa shape index (κ2) is 12.2. The summed E-state index contributed by atoms with van der Waals surface area (Å²) in [5.74, 6) is 0.982. The van der Waals surface area contributed by atoms with Gasteiger partial charge in [0.05, 0.1) is 6.61 Å². The molecule has 3 aromatic rings. The maximum absolute atomic E-state index is 13.5. The average Bonchev–Trinajstić information content (AvgIpc) is 3.34. The fraction of sp³-hybridized carbons (Fsp3) is 0.267. The van der Waals surface area contributed by atoms with Crippen LogP contribution in [0.3, 0.4) is 0 Å². The summed E-state index contributed by atoms with van der Waals surface area (Å²) in [7, 11) is 0. The molecule has 36 heavy (non-hydrogen) atoms. The van der Waals surface area contributed by atoms with Gasteiger partial charge in [-0.05, 0) is 42.3 Å². The van der Waals surface area contributed by atoms with E-state index in [1.807, 2.05) is 91.9 Å². The number of aliphatic hydroxyl groups is 1. The summed E-state index contributed by atoms with van der Waals surface area (Å²) >= 11 is 0. The molecule has 1 aliphatic heterocycles. The van der Waals surface area contributed by atoms with Crippen LogP contribution in [-0.4, -0.2) is 42.3 Å². The van der Waals surface area contributed by atoms with Gasteiger partial charge in [0.15, 0.2) is 5.54 Å². The van der Waals surface area contributed by atoms with Crippen LogP contribution in [-0.2, 0) is 16.1 Å². The number of ether oxygens (including phenoxy) is 2. The Bertz CT molecular complexity index is 1210. The molecule has 0 saturated heterocycles. The zero-order chi connectivity index (χ0) is 25.2. The van der Waals surface area contributed by atoms with Crippen molar-refractivity contribution >= 4 is 17.9 Å². The maximum Gasteiger partial charge on any atom is 0.252 e. The lowest BCUT2D eigenvalue weighted by atomic mass is 9.95. The van der Waals surface area contributed by atoms with Gasteiger partial charge in [0.2, 0.25) is 5.90 Å². The minimum absolute atomic E-state index is 0.0927. The number of benzene rings is 3. The molecular weight excluding hydrogens is 452 g/mol. The van der Waals surface area contributed by atoms with Crippen LogP contribution in [0, 0.1) is 6.92 Å². The largest absolute Gasteiger partial charge is 0.494 e. The molecule has 1 aliphatic rings. The Balaban J connectivity index is 1.52. The van der Waals surface area contributed by atoms with E-state index in [1.54, 1.807) is 0 Å². The molecule has 1 amide bonds. The van der Waals surface area contributed by atoms with E-state index in [-0.39, 0.29) is 19.1 Å². The first kappa shape index (κ1) is 25.2. The lowest BCUT2D eigenvalue weighted by Gasteiger charge is -2.21. The van der Waals surface area contributed by atoms with Gasteiger partial charge < -0.3 is 19.9 Å². The zero-order valence-electron chi connectivity index (χ0n) is 20.5. The molecule has 0 saturated carbocycles. The monoisotopic (exact) mass is 484 g/mol. The maximum atomic E-state index is 13.5. The number of nitrogens with zero attached hydrogens (tertiary/aromatic N) is 1. The third-order valence-corrected chi connectivity index (χ3v) is 5.96. The summed E-state index contributed by atoms with van der Waals surface area (Å²) in [6.45, 7) is 3.16. The van der Waals surface area contributed by atoms with Crippen molar-refractivity contribution in [3.8, 4) is 5.75 Å². The predicted octanol–water partition coefficient (Wildman–Crippen LogP) is 4.69. The fourth-order valence-corrected chi connectivity index (χ4v) is 3.98. The minimum atomic E-state index is -1.05. The summed E-state index contributed by atoms with van der Waals surface area (Å²) in [5.41, 5.74) is 2.98. The molecule has 1 atom stereocenters. The molecule has 6 heteroatoms. The van der Waals surface area contributed by atoms with Gasteiger partial charge in [-0.2, -0.15) is 0 Å². The third kappa shape index (κ3) is 6.61. The highest BCUT2D eigenvalue weighted by Crippen LogP contribution is 2.28. The molecule has 0 radical (unpaired) electrons. The van der Waals surface area contributed by atoms with Gasteiger partial charge in [0.1, 0.15) is 12.4 Å². The van der Waals surface area contributed by atoms with E-state index in [2.05, 4.69) is 11.4 Å². The minimum Gasteiger partial charge on any atom is -0.494 e. The van der Waals surface area contributed by atoms with Crippen LogP contribution >= 0.6 is 0 Å². The van der Waals surface area contributed by atoms with Crippen molar-refractivity contribution in [3.63, 3.8) is 0 Å². The van der Waals surface area contributed by atoms with E-state index >= 15 is 0 Å². The summed E-state index contributed by atoms with van der Waals surface area (Å²) in [4.78, 5) is 18.3. The third-order valence-electron chi connectivity index (χ3n) is 5.96. The second-order valence-electron chi connectivity index (χ2n) is 8.88. The number of hydrogen-bond donors (Lipinski definition) is 2. The van der Waals surface area contributed by atoms with Crippen LogP contribution in [0.5, 0.6) is 5.75 Å². The molecule has 0 bridgehead atoms.